The number of urea groups is 1. The molecule has 3 N–H and O–H groups in total. The first-order chi connectivity index (χ1) is 16.4. The molecule has 34 heavy (non-hydrogen) atoms. The number of amides is 2. The number of carboxylic acids is 1. The fraction of sp³-hybridized carbons (Fsp3) is 0.481. The Morgan fingerprint density at radius 1 is 0.971 bits per heavy atom. The molecule has 6 rings (SSSR count). The molecule has 180 valence electrons. The third-order valence-corrected chi connectivity index (χ3v) is 7.98. The first kappa shape index (κ1) is 23.0. The summed E-state index contributed by atoms with van der Waals surface area (Å²) in [5.74, 6) is 1.93. The molecule has 4 aliphatic rings. The molecule has 0 spiro atoms. The number of hydrogen-bond acceptors (Lipinski definition) is 3. The topological polar surface area (TPSA) is 87.7 Å². The number of carbonyl (C=O) groups excluding carboxylic acids is 1. The van der Waals surface area contributed by atoms with Crippen LogP contribution in [0.15, 0.2) is 48.5 Å². The molecule has 1 unspecified atom stereocenters. The smallest absolute Gasteiger partial charge is 0.335 e. The molecular formula is C27H31ClN2O4. The lowest BCUT2D eigenvalue weighted by Gasteiger charge is -2.56. The molecular weight excluding hydrogens is 452 g/mol. The molecule has 4 saturated carbocycles. The molecule has 0 aromatic heterocycles. The lowest BCUT2D eigenvalue weighted by atomic mass is 9.53. The van der Waals surface area contributed by atoms with Crippen LogP contribution in [0.3, 0.4) is 0 Å². The number of halogens is 1. The predicted octanol–water partition coefficient (Wildman–Crippen LogP) is 5.82. The van der Waals surface area contributed by atoms with E-state index in [4.69, 9.17) is 21.4 Å². The summed E-state index contributed by atoms with van der Waals surface area (Å²) in [6.45, 7) is 0.457. The van der Waals surface area contributed by atoms with Crippen molar-refractivity contribution in [3.05, 3.63) is 64.7 Å². The van der Waals surface area contributed by atoms with E-state index in [9.17, 15) is 9.59 Å². The van der Waals surface area contributed by atoms with Crippen molar-refractivity contribution in [2.45, 2.75) is 56.6 Å². The number of rotatable bonds is 8. The molecule has 2 aromatic carbocycles. The van der Waals surface area contributed by atoms with Crippen molar-refractivity contribution in [3.8, 4) is 5.75 Å². The van der Waals surface area contributed by atoms with Gasteiger partial charge in [0.25, 0.3) is 0 Å². The summed E-state index contributed by atoms with van der Waals surface area (Å²) in [6, 6.07) is 13.7. The summed E-state index contributed by atoms with van der Waals surface area (Å²) in [7, 11) is 0. The zero-order chi connectivity index (χ0) is 23.7. The van der Waals surface area contributed by atoms with Gasteiger partial charge >= 0.3 is 12.0 Å². The van der Waals surface area contributed by atoms with Crippen molar-refractivity contribution in [1.29, 1.82) is 0 Å². The van der Waals surface area contributed by atoms with Crippen molar-refractivity contribution >= 4 is 23.6 Å². The highest BCUT2D eigenvalue weighted by Crippen LogP contribution is 2.55. The van der Waals surface area contributed by atoms with Crippen LogP contribution in [0.25, 0.3) is 0 Å². The molecule has 2 aromatic rings. The highest BCUT2D eigenvalue weighted by Gasteiger charge is 2.51. The van der Waals surface area contributed by atoms with Gasteiger partial charge in [-0.25, -0.2) is 9.59 Å². The van der Waals surface area contributed by atoms with Crippen molar-refractivity contribution < 1.29 is 19.4 Å². The maximum Gasteiger partial charge on any atom is 0.335 e. The summed E-state index contributed by atoms with van der Waals surface area (Å²) in [5.41, 5.74) is 1.13. The van der Waals surface area contributed by atoms with E-state index >= 15 is 0 Å². The van der Waals surface area contributed by atoms with E-state index in [-0.39, 0.29) is 23.2 Å². The number of benzene rings is 2. The lowest BCUT2D eigenvalue weighted by molar-refractivity contribution is -0.0135. The molecule has 2 amide bonds. The maximum absolute atomic E-state index is 12.8. The second kappa shape index (κ2) is 9.49. The minimum atomic E-state index is -0.977. The third kappa shape index (κ3) is 5.17. The van der Waals surface area contributed by atoms with Crippen LogP contribution < -0.4 is 15.4 Å². The number of hydrogen-bond donors (Lipinski definition) is 3. The van der Waals surface area contributed by atoms with E-state index < -0.39 is 5.97 Å². The molecule has 0 saturated heterocycles. The first-order valence-electron chi connectivity index (χ1n) is 12.2. The molecule has 6 nitrogen and oxygen atoms in total. The van der Waals surface area contributed by atoms with E-state index in [0.717, 1.165) is 42.6 Å². The largest absolute Gasteiger partial charge is 0.486 e. The Kier molecular flexibility index (Phi) is 6.43. The van der Waals surface area contributed by atoms with Crippen molar-refractivity contribution in [3.63, 3.8) is 0 Å². The van der Waals surface area contributed by atoms with Crippen LogP contribution in [-0.2, 0) is 0 Å². The van der Waals surface area contributed by atoms with Gasteiger partial charge in [0.2, 0.25) is 0 Å². The maximum atomic E-state index is 12.8. The van der Waals surface area contributed by atoms with Crippen LogP contribution in [0.1, 0.15) is 67.0 Å². The Labute approximate surface area is 205 Å². The van der Waals surface area contributed by atoms with Gasteiger partial charge in [0.1, 0.15) is 11.9 Å². The van der Waals surface area contributed by atoms with Crippen LogP contribution in [0.5, 0.6) is 5.75 Å². The number of ether oxygens (including phenoxy) is 1. The lowest BCUT2D eigenvalue weighted by Crippen LogP contribution is -2.61. The van der Waals surface area contributed by atoms with Gasteiger partial charge in [0, 0.05) is 23.5 Å². The predicted molar refractivity (Wildman–Crippen MR) is 130 cm³/mol. The zero-order valence-electron chi connectivity index (χ0n) is 19.1. The quantitative estimate of drug-likeness (QED) is 0.442. The second-order valence-corrected chi connectivity index (χ2v) is 10.8. The summed E-state index contributed by atoms with van der Waals surface area (Å²) in [5, 5.41) is 16.2. The number of aromatic carboxylic acids is 1. The van der Waals surface area contributed by atoms with Gasteiger partial charge in [-0.1, -0.05) is 23.7 Å². The van der Waals surface area contributed by atoms with E-state index in [2.05, 4.69) is 10.6 Å². The number of nitrogens with one attached hydrogen (secondary N) is 2. The third-order valence-electron chi connectivity index (χ3n) is 7.73. The van der Waals surface area contributed by atoms with E-state index in [1.165, 1.54) is 31.4 Å². The Hall–Kier alpha value is -2.73. The standard InChI is InChI=1S/C27H31ClN2O4/c28-22-5-1-20(2-6-22)24(34-23-7-3-21(4-8-23)25(31)32)9-10-29-26(33)30-27-14-17-11-18(15-27)13-19(12-17)16-27/h1-8,17-19,24H,9-16H2,(H,31,32)(H2,29,30,33). The Balaban J connectivity index is 1.20. The Morgan fingerprint density at radius 2 is 1.56 bits per heavy atom. The summed E-state index contributed by atoms with van der Waals surface area (Å²) < 4.78 is 6.18. The molecule has 1 atom stereocenters. The van der Waals surface area contributed by atoms with Gasteiger partial charge in [-0.3, -0.25) is 0 Å². The molecule has 0 aliphatic heterocycles. The van der Waals surface area contributed by atoms with Crippen LogP contribution in [0.2, 0.25) is 5.02 Å². The van der Waals surface area contributed by atoms with Crippen molar-refractivity contribution in [2.75, 3.05) is 6.54 Å². The van der Waals surface area contributed by atoms with Crippen molar-refractivity contribution in [2.24, 2.45) is 17.8 Å². The molecule has 4 bridgehead atoms. The minimum absolute atomic E-state index is 0.0171. The highest BCUT2D eigenvalue weighted by atomic mass is 35.5. The van der Waals surface area contributed by atoms with E-state index in [1.54, 1.807) is 12.1 Å². The Bertz CT molecular complexity index is 1000. The molecule has 0 heterocycles. The van der Waals surface area contributed by atoms with Gasteiger partial charge in [0.15, 0.2) is 0 Å². The highest BCUT2D eigenvalue weighted by molar-refractivity contribution is 6.30. The SMILES string of the molecule is O=C(NCCC(Oc1ccc(C(=O)O)cc1)c1ccc(Cl)cc1)NC12CC3CC(CC(C3)C1)C2. The number of carboxylic acid groups (broad SMARTS) is 1. The van der Waals surface area contributed by atoms with Gasteiger partial charge in [0.05, 0.1) is 5.56 Å². The number of carbonyl (C=O) groups is 2. The Morgan fingerprint density at radius 3 is 2.12 bits per heavy atom. The zero-order valence-corrected chi connectivity index (χ0v) is 19.9. The van der Waals surface area contributed by atoms with E-state index in [0.29, 0.717) is 23.7 Å². The monoisotopic (exact) mass is 482 g/mol. The molecule has 0 radical (unpaired) electrons. The van der Waals surface area contributed by atoms with Gasteiger partial charge in [-0.05, 0) is 98.2 Å². The summed E-state index contributed by atoms with van der Waals surface area (Å²) in [6.07, 6.45) is 7.64. The first-order valence-corrected chi connectivity index (χ1v) is 12.6. The van der Waals surface area contributed by atoms with Crippen LogP contribution in [0, 0.1) is 17.8 Å². The second-order valence-electron chi connectivity index (χ2n) is 10.4. The van der Waals surface area contributed by atoms with E-state index in [1.807, 2.05) is 24.3 Å². The van der Waals surface area contributed by atoms with Gasteiger partial charge in [-0.15, -0.1) is 0 Å². The molecule has 7 heteroatoms. The average molecular weight is 483 g/mol. The van der Waals surface area contributed by atoms with Crippen LogP contribution >= 0.6 is 11.6 Å². The summed E-state index contributed by atoms with van der Waals surface area (Å²) >= 11 is 6.06. The molecule has 4 aliphatic carbocycles. The van der Waals surface area contributed by atoms with Crippen molar-refractivity contribution in [1.82, 2.24) is 10.6 Å². The minimum Gasteiger partial charge on any atom is -0.486 e. The fourth-order valence-electron chi connectivity index (χ4n) is 6.68. The average Bonchev–Trinajstić information content (AvgIpc) is 2.78. The normalized spacial score (nSPS) is 27.7. The molecule has 4 fully saturated rings. The summed E-state index contributed by atoms with van der Waals surface area (Å²) in [4.78, 5) is 23.9. The van der Waals surface area contributed by atoms with Crippen LogP contribution in [0.4, 0.5) is 4.79 Å². The van der Waals surface area contributed by atoms with Crippen LogP contribution in [-0.4, -0.2) is 29.2 Å². The van der Waals surface area contributed by atoms with Gasteiger partial charge in [-0.2, -0.15) is 0 Å². The van der Waals surface area contributed by atoms with Gasteiger partial charge < -0.3 is 20.5 Å². The fourth-order valence-corrected chi connectivity index (χ4v) is 6.80.